The first kappa shape index (κ1) is 15.2. The van der Waals surface area contributed by atoms with E-state index in [0.29, 0.717) is 21.7 Å². The number of hydrogen-bond acceptors (Lipinski definition) is 3. The molecule has 1 saturated heterocycles. The third-order valence-electron chi connectivity index (χ3n) is 2.84. The van der Waals surface area contributed by atoms with E-state index in [1.165, 1.54) is 0 Å². The average Bonchev–Trinajstić information content (AvgIpc) is 2.96. The number of nitrogens with zero attached hydrogens (tertiary/aromatic N) is 1. The SMILES string of the molecule is S=C(Oc1ccc(Cl)c(OCC#CCl)c1)N1CCCC1. The van der Waals surface area contributed by atoms with Gasteiger partial charge in [-0.1, -0.05) is 11.6 Å². The number of likely N-dealkylation sites (tertiary alicyclic amines) is 1. The van der Waals surface area contributed by atoms with Gasteiger partial charge < -0.3 is 14.4 Å². The van der Waals surface area contributed by atoms with Gasteiger partial charge in [0, 0.05) is 24.5 Å². The first-order valence-electron chi connectivity index (χ1n) is 6.18. The first-order valence-corrected chi connectivity index (χ1v) is 7.34. The van der Waals surface area contributed by atoms with E-state index in [0.717, 1.165) is 25.9 Å². The Labute approximate surface area is 133 Å². The fourth-order valence-electron chi connectivity index (χ4n) is 1.86. The maximum Gasteiger partial charge on any atom is 0.264 e. The van der Waals surface area contributed by atoms with E-state index < -0.39 is 0 Å². The summed E-state index contributed by atoms with van der Waals surface area (Å²) in [5, 5.41) is 3.21. The maximum atomic E-state index is 6.03. The molecule has 0 amide bonds. The zero-order chi connectivity index (χ0) is 14.4. The van der Waals surface area contributed by atoms with Gasteiger partial charge >= 0.3 is 0 Å². The Morgan fingerprint density at radius 2 is 2.10 bits per heavy atom. The average molecular weight is 330 g/mol. The molecule has 1 aromatic carbocycles. The molecule has 1 fully saturated rings. The van der Waals surface area contributed by atoms with Gasteiger partial charge in [-0.05, 0) is 54.7 Å². The molecule has 3 nitrogen and oxygen atoms in total. The Morgan fingerprint density at radius 3 is 2.80 bits per heavy atom. The summed E-state index contributed by atoms with van der Waals surface area (Å²) in [6.07, 6.45) is 2.30. The van der Waals surface area contributed by atoms with Crippen LogP contribution in [0.1, 0.15) is 12.8 Å². The molecule has 0 saturated carbocycles. The second-order valence-corrected chi connectivity index (χ2v) is 5.16. The molecule has 2 rings (SSSR count). The van der Waals surface area contributed by atoms with E-state index in [1.54, 1.807) is 18.2 Å². The zero-order valence-electron chi connectivity index (χ0n) is 10.7. The summed E-state index contributed by atoms with van der Waals surface area (Å²) in [4.78, 5) is 2.05. The lowest BCUT2D eigenvalue weighted by Gasteiger charge is -2.18. The van der Waals surface area contributed by atoms with Crippen LogP contribution in [0.5, 0.6) is 11.5 Å². The highest BCUT2D eigenvalue weighted by atomic mass is 35.5. The van der Waals surface area contributed by atoms with Crippen molar-refractivity contribution in [1.82, 2.24) is 4.90 Å². The van der Waals surface area contributed by atoms with Crippen molar-refractivity contribution in [2.45, 2.75) is 12.8 Å². The Morgan fingerprint density at radius 1 is 1.35 bits per heavy atom. The van der Waals surface area contributed by atoms with Crippen molar-refractivity contribution in [3.8, 4) is 22.8 Å². The third-order valence-corrected chi connectivity index (χ3v) is 3.63. The van der Waals surface area contributed by atoms with Crippen LogP contribution < -0.4 is 9.47 Å². The Hall–Kier alpha value is -1.15. The van der Waals surface area contributed by atoms with Gasteiger partial charge in [0.25, 0.3) is 5.17 Å². The van der Waals surface area contributed by atoms with E-state index in [2.05, 4.69) is 11.3 Å². The molecule has 0 bridgehead atoms. The largest absolute Gasteiger partial charge is 0.479 e. The van der Waals surface area contributed by atoms with Crippen molar-refractivity contribution in [2.24, 2.45) is 0 Å². The minimum atomic E-state index is 0.170. The third kappa shape index (κ3) is 4.17. The molecule has 0 aromatic heterocycles. The number of thiocarbonyl (C=S) groups is 1. The van der Waals surface area contributed by atoms with Crippen LogP contribution in [-0.2, 0) is 0 Å². The van der Waals surface area contributed by atoms with Crippen LogP contribution in [0.4, 0.5) is 0 Å². The van der Waals surface area contributed by atoms with Crippen LogP contribution in [0.3, 0.4) is 0 Å². The van der Waals surface area contributed by atoms with Crippen molar-refractivity contribution in [1.29, 1.82) is 0 Å². The topological polar surface area (TPSA) is 21.7 Å². The van der Waals surface area contributed by atoms with Crippen LogP contribution in [-0.4, -0.2) is 29.8 Å². The van der Waals surface area contributed by atoms with Crippen molar-refractivity contribution in [3.63, 3.8) is 0 Å². The van der Waals surface area contributed by atoms with Crippen molar-refractivity contribution in [2.75, 3.05) is 19.7 Å². The fraction of sp³-hybridized carbons (Fsp3) is 0.357. The normalized spacial score (nSPS) is 13.6. The molecule has 1 aromatic rings. The number of benzene rings is 1. The summed E-state index contributed by atoms with van der Waals surface area (Å²) in [7, 11) is 0. The lowest BCUT2D eigenvalue weighted by Crippen LogP contribution is -2.30. The number of halogens is 2. The lowest BCUT2D eigenvalue weighted by atomic mass is 10.3. The van der Waals surface area contributed by atoms with Gasteiger partial charge in [-0.3, -0.25) is 0 Å². The molecule has 1 aliphatic heterocycles. The summed E-state index contributed by atoms with van der Waals surface area (Å²) in [6.45, 7) is 2.06. The van der Waals surface area contributed by atoms with Gasteiger partial charge in [0.05, 0.1) is 5.02 Å². The van der Waals surface area contributed by atoms with Crippen molar-refractivity contribution >= 4 is 40.6 Å². The molecule has 6 heteroatoms. The standard InChI is InChI=1S/C14H13Cl2NO2S/c15-6-3-9-18-13-10-11(4-5-12(13)16)19-14(20)17-7-1-2-8-17/h4-5,10H,1-2,7-9H2. The second kappa shape index (κ2) is 7.58. The molecule has 0 atom stereocenters. The molecule has 0 spiro atoms. The molecular weight excluding hydrogens is 317 g/mol. The monoisotopic (exact) mass is 329 g/mol. The molecule has 0 N–H and O–H groups in total. The minimum absolute atomic E-state index is 0.170. The highest BCUT2D eigenvalue weighted by Crippen LogP contribution is 2.29. The molecule has 1 heterocycles. The predicted molar refractivity (Wildman–Crippen MR) is 84.6 cm³/mol. The first-order chi connectivity index (χ1) is 9.70. The highest BCUT2D eigenvalue weighted by Gasteiger charge is 2.16. The zero-order valence-corrected chi connectivity index (χ0v) is 13.0. The van der Waals surface area contributed by atoms with Crippen LogP contribution in [0.25, 0.3) is 0 Å². The van der Waals surface area contributed by atoms with Crippen LogP contribution >= 0.6 is 35.4 Å². The van der Waals surface area contributed by atoms with Gasteiger partial charge in [0.1, 0.15) is 18.1 Å². The summed E-state index contributed by atoms with van der Waals surface area (Å²) < 4.78 is 11.1. The second-order valence-electron chi connectivity index (χ2n) is 4.21. The van der Waals surface area contributed by atoms with E-state index in [-0.39, 0.29) is 6.61 Å². The van der Waals surface area contributed by atoms with Gasteiger partial charge in [0.2, 0.25) is 0 Å². The van der Waals surface area contributed by atoms with E-state index in [1.807, 2.05) is 4.90 Å². The van der Waals surface area contributed by atoms with E-state index in [9.17, 15) is 0 Å². The van der Waals surface area contributed by atoms with Gasteiger partial charge in [0.15, 0.2) is 0 Å². The van der Waals surface area contributed by atoms with E-state index in [4.69, 9.17) is 44.9 Å². The van der Waals surface area contributed by atoms with Crippen molar-refractivity contribution in [3.05, 3.63) is 23.2 Å². The quantitative estimate of drug-likeness (QED) is 0.623. The minimum Gasteiger partial charge on any atom is -0.479 e. The van der Waals surface area contributed by atoms with Crippen LogP contribution in [0.2, 0.25) is 5.02 Å². The maximum absolute atomic E-state index is 6.03. The molecule has 0 aliphatic carbocycles. The Balaban J connectivity index is 2.01. The summed E-state index contributed by atoms with van der Waals surface area (Å²) in [5.41, 5.74) is 0. The molecule has 0 unspecified atom stereocenters. The molecule has 0 radical (unpaired) electrons. The Bertz CT molecular complexity index is 548. The highest BCUT2D eigenvalue weighted by molar-refractivity contribution is 7.80. The van der Waals surface area contributed by atoms with Crippen LogP contribution in [0, 0.1) is 11.3 Å². The van der Waals surface area contributed by atoms with Gasteiger partial charge in [-0.2, -0.15) is 0 Å². The summed E-state index contributed by atoms with van der Waals surface area (Å²) in [5.74, 6) is 3.68. The van der Waals surface area contributed by atoms with Crippen molar-refractivity contribution < 1.29 is 9.47 Å². The lowest BCUT2D eigenvalue weighted by molar-refractivity contribution is 0.366. The molecule has 106 valence electrons. The summed E-state index contributed by atoms with van der Waals surface area (Å²) >= 11 is 16.6. The smallest absolute Gasteiger partial charge is 0.264 e. The van der Waals surface area contributed by atoms with Gasteiger partial charge in [-0.25, -0.2) is 0 Å². The molecule has 20 heavy (non-hydrogen) atoms. The number of rotatable bonds is 3. The Kier molecular flexibility index (Phi) is 5.78. The molecule has 1 aliphatic rings. The predicted octanol–water partition coefficient (Wildman–Crippen LogP) is 3.68. The molecular formula is C14H13Cl2NO2S. The summed E-state index contributed by atoms with van der Waals surface area (Å²) in [6, 6.07) is 5.15. The van der Waals surface area contributed by atoms with Crippen LogP contribution in [0.15, 0.2) is 18.2 Å². The number of hydrogen-bond donors (Lipinski definition) is 0. The fourth-order valence-corrected chi connectivity index (χ4v) is 2.37. The van der Waals surface area contributed by atoms with Gasteiger partial charge in [-0.15, -0.1) is 0 Å². The van der Waals surface area contributed by atoms with E-state index >= 15 is 0 Å². The number of ether oxygens (including phenoxy) is 2.